The fourth-order valence-electron chi connectivity index (χ4n) is 5.00. The molecule has 2 aromatic heterocycles. The molecule has 3 aromatic rings. The van der Waals surface area contributed by atoms with E-state index in [0.29, 0.717) is 11.8 Å². The first kappa shape index (κ1) is 24.4. The average Bonchev–Trinajstić information content (AvgIpc) is 3.23. The molecule has 1 aromatic carbocycles. The van der Waals surface area contributed by atoms with Crippen molar-refractivity contribution < 1.29 is 15.0 Å². The molecule has 1 amide bonds. The Hall–Kier alpha value is -2.74. The molecule has 4 N–H and O–H groups in total. The van der Waals surface area contributed by atoms with Gasteiger partial charge in [0.25, 0.3) is 0 Å². The van der Waals surface area contributed by atoms with Crippen molar-refractivity contribution in [3.05, 3.63) is 53.3 Å². The number of hydrogen-bond acceptors (Lipinski definition) is 5. The van der Waals surface area contributed by atoms with Crippen LogP contribution in [0.3, 0.4) is 0 Å². The molecule has 0 saturated carbocycles. The average molecular weight is 465 g/mol. The van der Waals surface area contributed by atoms with Gasteiger partial charge in [-0.3, -0.25) is 9.78 Å². The van der Waals surface area contributed by atoms with Gasteiger partial charge in [0.15, 0.2) is 0 Å². The summed E-state index contributed by atoms with van der Waals surface area (Å²) in [7, 11) is 0. The Morgan fingerprint density at radius 1 is 1.24 bits per heavy atom. The summed E-state index contributed by atoms with van der Waals surface area (Å²) in [5.41, 5.74) is 7.18. The van der Waals surface area contributed by atoms with E-state index in [1.54, 1.807) is 0 Å². The van der Waals surface area contributed by atoms with E-state index in [9.17, 15) is 9.90 Å². The third kappa shape index (κ3) is 5.32. The van der Waals surface area contributed by atoms with Crippen molar-refractivity contribution in [3.63, 3.8) is 0 Å². The highest BCUT2D eigenvalue weighted by molar-refractivity contribution is 5.92. The first-order valence-corrected chi connectivity index (χ1v) is 12.2. The van der Waals surface area contributed by atoms with Crippen molar-refractivity contribution in [2.45, 2.75) is 51.6 Å². The van der Waals surface area contributed by atoms with Crippen LogP contribution in [-0.4, -0.2) is 69.9 Å². The number of likely N-dealkylation sites (tertiary alicyclic amines) is 1. The number of rotatable bonds is 8. The number of aliphatic hydroxyl groups is 2. The summed E-state index contributed by atoms with van der Waals surface area (Å²) in [6.45, 7) is 8.07. The number of piperidine rings is 1. The Labute approximate surface area is 201 Å². The van der Waals surface area contributed by atoms with Crippen LogP contribution in [0.15, 0.2) is 36.5 Å². The lowest BCUT2D eigenvalue weighted by Gasteiger charge is -2.32. The van der Waals surface area contributed by atoms with Crippen molar-refractivity contribution in [1.82, 2.24) is 20.2 Å². The maximum absolute atomic E-state index is 12.5. The number of nitrogens with one attached hydrogen (secondary N) is 2. The number of aromatic nitrogens is 2. The first-order valence-electron chi connectivity index (χ1n) is 12.2. The molecule has 4 rings (SSSR count). The normalized spacial score (nSPS) is 15.9. The molecule has 1 saturated heterocycles. The zero-order chi connectivity index (χ0) is 24.2. The molecular weight excluding hydrogens is 428 g/mol. The van der Waals surface area contributed by atoms with Crippen LogP contribution in [0.1, 0.15) is 55.3 Å². The SMILES string of the molecule is Cc1cc(-c2[nH]c3ccc(C4CCN(C(=O)CNC[C@@H](O)CO)CC4)cc3c2C(C)C)ccn1. The molecule has 182 valence electrons. The van der Waals surface area contributed by atoms with E-state index >= 15 is 0 Å². The molecule has 3 heterocycles. The second kappa shape index (κ2) is 10.7. The maximum Gasteiger partial charge on any atom is 0.236 e. The summed E-state index contributed by atoms with van der Waals surface area (Å²) in [5.74, 6) is 0.854. The fraction of sp³-hybridized carbons (Fsp3) is 0.481. The van der Waals surface area contributed by atoms with Gasteiger partial charge in [0, 0.05) is 48.0 Å². The Morgan fingerprint density at radius 2 is 2.00 bits per heavy atom. The third-order valence-corrected chi connectivity index (χ3v) is 6.81. The quantitative estimate of drug-likeness (QED) is 0.410. The predicted molar refractivity (Wildman–Crippen MR) is 135 cm³/mol. The molecule has 0 unspecified atom stereocenters. The van der Waals surface area contributed by atoms with E-state index in [0.717, 1.165) is 37.1 Å². The lowest BCUT2D eigenvalue weighted by atomic mass is 9.87. The van der Waals surface area contributed by atoms with E-state index in [2.05, 4.69) is 59.5 Å². The smallest absolute Gasteiger partial charge is 0.236 e. The zero-order valence-electron chi connectivity index (χ0n) is 20.3. The molecule has 7 nitrogen and oxygen atoms in total. The van der Waals surface area contributed by atoms with Gasteiger partial charge in [0.1, 0.15) is 0 Å². The summed E-state index contributed by atoms with van der Waals surface area (Å²) in [6, 6.07) is 11.0. The Kier molecular flexibility index (Phi) is 7.66. The second-order valence-corrected chi connectivity index (χ2v) is 9.68. The van der Waals surface area contributed by atoms with Gasteiger partial charge in [-0.15, -0.1) is 0 Å². The van der Waals surface area contributed by atoms with Crippen LogP contribution >= 0.6 is 0 Å². The molecule has 34 heavy (non-hydrogen) atoms. The van der Waals surface area contributed by atoms with Crippen LogP contribution in [0.25, 0.3) is 22.2 Å². The van der Waals surface area contributed by atoms with E-state index in [1.165, 1.54) is 27.8 Å². The van der Waals surface area contributed by atoms with Gasteiger partial charge in [0.2, 0.25) is 5.91 Å². The van der Waals surface area contributed by atoms with Crippen LogP contribution in [0, 0.1) is 6.92 Å². The minimum Gasteiger partial charge on any atom is -0.394 e. The molecule has 0 bridgehead atoms. The number of nitrogens with zero attached hydrogens (tertiary/aromatic N) is 2. The largest absolute Gasteiger partial charge is 0.394 e. The van der Waals surface area contributed by atoms with Crippen LogP contribution in [0.4, 0.5) is 0 Å². The number of H-pyrrole nitrogens is 1. The number of aliphatic hydroxyl groups excluding tert-OH is 2. The molecule has 1 aliphatic rings. The van der Waals surface area contributed by atoms with Gasteiger partial charge in [-0.2, -0.15) is 0 Å². The Bertz CT molecular complexity index is 1130. The fourth-order valence-corrected chi connectivity index (χ4v) is 5.00. The van der Waals surface area contributed by atoms with Crippen LogP contribution < -0.4 is 5.32 Å². The molecule has 0 spiro atoms. The summed E-state index contributed by atoms with van der Waals surface area (Å²) >= 11 is 0. The molecule has 1 fully saturated rings. The van der Waals surface area contributed by atoms with Crippen LogP contribution in [-0.2, 0) is 4.79 Å². The van der Waals surface area contributed by atoms with E-state index in [4.69, 9.17) is 5.11 Å². The Morgan fingerprint density at radius 3 is 2.68 bits per heavy atom. The first-order chi connectivity index (χ1) is 16.4. The number of amides is 1. The minimum atomic E-state index is -0.833. The number of carbonyl (C=O) groups excluding carboxylic acids is 1. The highest BCUT2D eigenvalue weighted by Gasteiger charge is 2.25. The Balaban J connectivity index is 1.48. The molecule has 0 radical (unpaired) electrons. The third-order valence-electron chi connectivity index (χ3n) is 6.81. The summed E-state index contributed by atoms with van der Waals surface area (Å²) in [5, 5.41) is 22.5. The summed E-state index contributed by atoms with van der Waals surface area (Å²) in [6.07, 6.45) is 2.91. The van der Waals surface area contributed by atoms with Gasteiger partial charge in [-0.05, 0) is 67.0 Å². The summed E-state index contributed by atoms with van der Waals surface area (Å²) in [4.78, 5) is 22.4. The number of hydrogen-bond donors (Lipinski definition) is 4. The van der Waals surface area contributed by atoms with Crippen molar-refractivity contribution in [1.29, 1.82) is 0 Å². The van der Waals surface area contributed by atoms with Crippen molar-refractivity contribution in [2.24, 2.45) is 0 Å². The lowest BCUT2D eigenvalue weighted by molar-refractivity contribution is -0.131. The van der Waals surface area contributed by atoms with Crippen molar-refractivity contribution >= 4 is 16.8 Å². The van der Waals surface area contributed by atoms with Gasteiger partial charge < -0.3 is 25.4 Å². The number of carbonyl (C=O) groups is 1. The number of aryl methyl sites for hydroxylation is 1. The van der Waals surface area contributed by atoms with Gasteiger partial charge in [0.05, 0.1) is 24.9 Å². The number of fused-ring (bicyclic) bond motifs is 1. The number of benzene rings is 1. The molecule has 0 aliphatic carbocycles. The van der Waals surface area contributed by atoms with Gasteiger partial charge in [-0.25, -0.2) is 0 Å². The zero-order valence-corrected chi connectivity index (χ0v) is 20.3. The lowest BCUT2D eigenvalue weighted by Crippen LogP contribution is -2.44. The molecule has 1 atom stereocenters. The van der Waals surface area contributed by atoms with Crippen molar-refractivity contribution in [3.8, 4) is 11.3 Å². The highest BCUT2D eigenvalue weighted by atomic mass is 16.3. The van der Waals surface area contributed by atoms with Gasteiger partial charge in [-0.1, -0.05) is 19.9 Å². The van der Waals surface area contributed by atoms with Crippen molar-refractivity contribution in [2.75, 3.05) is 32.8 Å². The van der Waals surface area contributed by atoms with Gasteiger partial charge >= 0.3 is 0 Å². The summed E-state index contributed by atoms with van der Waals surface area (Å²) < 4.78 is 0. The standard InChI is InChI=1S/C27H36N4O3/c1-17(2)26-23-13-20(4-5-24(23)30-27(26)21-6-9-29-18(3)12-21)19-7-10-31(11-8-19)25(34)15-28-14-22(33)16-32/h4-6,9,12-13,17,19,22,28,30,32-33H,7-8,10-11,14-16H2,1-3H3/t22-/m1/s1. The molecule has 7 heteroatoms. The molecule has 1 aliphatic heterocycles. The number of aromatic amines is 1. The predicted octanol–water partition coefficient (Wildman–Crippen LogP) is 3.31. The van der Waals surface area contributed by atoms with E-state index in [-0.39, 0.29) is 25.6 Å². The van der Waals surface area contributed by atoms with Crippen LogP contribution in [0.5, 0.6) is 0 Å². The monoisotopic (exact) mass is 464 g/mol. The number of pyridine rings is 1. The minimum absolute atomic E-state index is 0.0454. The highest BCUT2D eigenvalue weighted by Crippen LogP contribution is 2.38. The van der Waals surface area contributed by atoms with E-state index < -0.39 is 6.10 Å². The topological polar surface area (TPSA) is 101 Å². The molecular formula is C27H36N4O3. The second-order valence-electron chi connectivity index (χ2n) is 9.68. The van der Waals surface area contributed by atoms with E-state index in [1.807, 2.05) is 18.0 Å². The maximum atomic E-state index is 12.5. The van der Waals surface area contributed by atoms with Crippen LogP contribution in [0.2, 0.25) is 0 Å².